The number of benzene rings is 1. The second kappa shape index (κ2) is 7.31. The lowest BCUT2D eigenvalue weighted by atomic mass is 9.97. The molecule has 0 radical (unpaired) electrons. The van der Waals surface area contributed by atoms with Gasteiger partial charge in [-0.2, -0.15) is 13.2 Å². The summed E-state index contributed by atoms with van der Waals surface area (Å²) in [5.41, 5.74) is 1.17. The third-order valence-electron chi connectivity index (χ3n) is 3.30. The van der Waals surface area contributed by atoms with E-state index >= 15 is 0 Å². The van der Waals surface area contributed by atoms with Crippen LogP contribution < -0.4 is 10.1 Å². The van der Waals surface area contributed by atoms with Gasteiger partial charge in [0.2, 0.25) is 5.88 Å². The number of methoxy groups -OCH3 is 1. The van der Waals surface area contributed by atoms with E-state index in [1.165, 1.54) is 19.2 Å². The lowest BCUT2D eigenvalue weighted by Gasteiger charge is -2.16. The first-order valence-corrected chi connectivity index (χ1v) is 7.76. The van der Waals surface area contributed by atoms with Gasteiger partial charge < -0.3 is 10.1 Å². The minimum Gasteiger partial charge on any atom is -0.481 e. The Kier molecular flexibility index (Phi) is 5.64. The molecule has 2 aromatic rings. The number of nitrogens with one attached hydrogen (secondary N) is 1. The molecule has 0 saturated carbocycles. The van der Waals surface area contributed by atoms with Crippen LogP contribution in [0, 0.1) is 0 Å². The normalized spacial score (nSPS) is 11.6. The number of alkyl halides is 3. The summed E-state index contributed by atoms with van der Waals surface area (Å²) in [6.45, 7) is 2.88. The molecule has 1 heterocycles. The third kappa shape index (κ3) is 4.23. The predicted octanol–water partition coefficient (Wildman–Crippen LogP) is 4.65. The minimum absolute atomic E-state index is 0.325. The first-order valence-electron chi connectivity index (χ1n) is 6.97. The molecule has 0 aliphatic heterocycles. The van der Waals surface area contributed by atoms with Crippen LogP contribution >= 0.6 is 15.9 Å². The summed E-state index contributed by atoms with van der Waals surface area (Å²) >= 11 is 3.33. The average Bonchev–Trinajstić information content (AvgIpc) is 2.51. The van der Waals surface area contributed by atoms with Crippen LogP contribution in [-0.2, 0) is 12.7 Å². The lowest BCUT2D eigenvalue weighted by Crippen LogP contribution is -2.14. The van der Waals surface area contributed by atoms with Gasteiger partial charge in [0.05, 0.1) is 12.7 Å². The second-order valence-electron chi connectivity index (χ2n) is 4.86. The highest BCUT2D eigenvalue weighted by Crippen LogP contribution is 2.36. The van der Waals surface area contributed by atoms with Gasteiger partial charge in [-0.05, 0) is 51.8 Å². The molecule has 1 aromatic carbocycles. The lowest BCUT2D eigenvalue weighted by molar-refractivity contribution is -0.137. The first-order chi connectivity index (χ1) is 10.9. The van der Waals surface area contributed by atoms with Crippen LogP contribution in [0.15, 0.2) is 34.9 Å². The van der Waals surface area contributed by atoms with Gasteiger partial charge >= 0.3 is 6.18 Å². The number of aromatic nitrogens is 1. The predicted molar refractivity (Wildman–Crippen MR) is 86.3 cm³/mol. The number of pyridine rings is 1. The molecule has 0 saturated heterocycles. The number of rotatable bonds is 5. The van der Waals surface area contributed by atoms with Crippen LogP contribution in [0.25, 0.3) is 11.1 Å². The van der Waals surface area contributed by atoms with Crippen LogP contribution in [-0.4, -0.2) is 18.6 Å². The molecule has 0 spiro atoms. The fourth-order valence-electron chi connectivity index (χ4n) is 2.22. The second-order valence-corrected chi connectivity index (χ2v) is 5.78. The number of ether oxygens (including phenoxy) is 1. The van der Waals surface area contributed by atoms with E-state index in [9.17, 15) is 13.2 Å². The van der Waals surface area contributed by atoms with Gasteiger partial charge in [-0.15, -0.1) is 0 Å². The maximum atomic E-state index is 13.0. The maximum absolute atomic E-state index is 13.0. The number of hydrogen-bond acceptors (Lipinski definition) is 3. The molecule has 1 N–H and O–H groups in total. The SMILES string of the molecule is CCNCc1cc(C(F)(F)F)ccc1-c1cc(Br)cnc1OC. The Morgan fingerprint density at radius 3 is 2.57 bits per heavy atom. The molecule has 3 nitrogen and oxygen atoms in total. The van der Waals surface area contributed by atoms with Crippen LogP contribution in [0.2, 0.25) is 0 Å². The van der Waals surface area contributed by atoms with Crippen LogP contribution in [0.3, 0.4) is 0 Å². The molecule has 124 valence electrons. The maximum Gasteiger partial charge on any atom is 0.416 e. The van der Waals surface area contributed by atoms with Gasteiger partial charge in [0.25, 0.3) is 0 Å². The highest BCUT2D eigenvalue weighted by molar-refractivity contribution is 9.10. The molecule has 0 amide bonds. The molecule has 23 heavy (non-hydrogen) atoms. The van der Waals surface area contributed by atoms with Crippen molar-refractivity contribution in [1.29, 1.82) is 0 Å². The van der Waals surface area contributed by atoms with Crippen molar-refractivity contribution in [3.63, 3.8) is 0 Å². The van der Waals surface area contributed by atoms with Gasteiger partial charge in [0.15, 0.2) is 0 Å². The Morgan fingerprint density at radius 1 is 1.22 bits per heavy atom. The summed E-state index contributed by atoms with van der Waals surface area (Å²) in [6, 6.07) is 5.48. The zero-order valence-corrected chi connectivity index (χ0v) is 14.3. The monoisotopic (exact) mass is 388 g/mol. The summed E-state index contributed by atoms with van der Waals surface area (Å²) < 4.78 is 44.9. The van der Waals surface area contributed by atoms with Crippen molar-refractivity contribution < 1.29 is 17.9 Å². The molecular formula is C16H16BrF3N2O. The largest absolute Gasteiger partial charge is 0.481 e. The summed E-state index contributed by atoms with van der Waals surface area (Å²) in [4.78, 5) is 4.15. The van der Waals surface area contributed by atoms with E-state index in [0.717, 1.165) is 10.5 Å². The Labute approximate surface area is 141 Å². The highest BCUT2D eigenvalue weighted by Gasteiger charge is 2.31. The first kappa shape index (κ1) is 17.7. The van der Waals surface area contributed by atoms with Gasteiger partial charge in [-0.1, -0.05) is 13.0 Å². The Morgan fingerprint density at radius 2 is 1.96 bits per heavy atom. The van der Waals surface area contributed by atoms with Crippen molar-refractivity contribution >= 4 is 15.9 Å². The molecule has 0 unspecified atom stereocenters. The molecular weight excluding hydrogens is 373 g/mol. The topological polar surface area (TPSA) is 34.2 Å². The Hall–Kier alpha value is -1.60. The van der Waals surface area contributed by atoms with Gasteiger partial charge in [0, 0.05) is 22.8 Å². The van der Waals surface area contributed by atoms with Crippen molar-refractivity contribution in [2.45, 2.75) is 19.6 Å². The van der Waals surface area contributed by atoms with Gasteiger partial charge in [-0.25, -0.2) is 4.98 Å². The smallest absolute Gasteiger partial charge is 0.416 e. The molecule has 1 aromatic heterocycles. The van der Waals surface area contributed by atoms with E-state index in [-0.39, 0.29) is 0 Å². The van der Waals surface area contributed by atoms with Crippen molar-refractivity contribution in [2.24, 2.45) is 0 Å². The summed E-state index contributed by atoms with van der Waals surface area (Å²) in [5, 5.41) is 3.07. The van der Waals surface area contributed by atoms with Crippen molar-refractivity contribution in [3.05, 3.63) is 46.1 Å². The molecule has 0 fully saturated rings. The molecule has 7 heteroatoms. The fraction of sp³-hybridized carbons (Fsp3) is 0.312. The van der Waals surface area contributed by atoms with Crippen LogP contribution in [0.4, 0.5) is 13.2 Å². The van der Waals surface area contributed by atoms with Gasteiger partial charge in [-0.3, -0.25) is 0 Å². The van der Waals surface area contributed by atoms with E-state index in [0.29, 0.717) is 35.7 Å². The van der Waals surface area contributed by atoms with Gasteiger partial charge in [0.1, 0.15) is 0 Å². The summed E-state index contributed by atoms with van der Waals surface area (Å²) in [6.07, 6.45) is -2.80. The average molecular weight is 389 g/mol. The molecule has 0 aliphatic rings. The van der Waals surface area contributed by atoms with E-state index < -0.39 is 11.7 Å². The zero-order chi connectivity index (χ0) is 17.0. The fourth-order valence-corrected chi connectivity index (χ4v) is 2.55. The minimum atomic E-state index is -4.38. The Bertz CT molecular complexity index is 690. The number of hydrogen-bond donors (Lipinski definition) is 1. The van der Waals surface area contributed by atoms with Crippen LogP contribution in [0.1, 0.15) is 18.1 Å². The van der Waals surface area contributed by atoms with E-state index in [1.807, 2.05) is 6.92 Å². The van der Waals surface area contributed by atoms with E-state index in [2.05, 4.69) is 26.2 Å². The molecule has 0 bridgehead atoms. The van der Waals surface area contributed by atoms with E-state index in [4.69, 9.17) is 4.74 Å². The van der Waals surface area contributed by atoms with E-state index in [1.54, 1.807) is 12.3 Å². The third-order valence-corrected chi connectivity index (χ3v) is 3.73. The Balaban J connectivity index is 2.59. The highest BCUT2D eigenvalue weighted by atomic mass is 79.9. The molecule has 2 rings (SSSR count). The summed E-state index contributed by atoms with van der Waals surface area (Å²) in [5.74, 6) is 0.366. The van der Waals surface area contributed by atoms with Crippen molar-refractivity contribution in [1.82, 2.24) is 10.3 Å². The van der Waals surface area contributed by atoms with Crippen molar-refractivity contribution in [2.75, 3.05) is 13.7 Å². The zero-order valence-electron chi connectivity index (χ0n) is 12.7. The summed E-state index contributed by atoms with van der Waals surface area (Å²) in [7, 11) is 1.48. The van der Waals surface area contributed by atoms with Crippen LogP contribution in [0.5, 0.6) is 5.88 Å². The van der Waals surface area contributed by atoms with Crippen molar-refractivity contribution in [3.8, 4) is 17.0 Å². The standard InChI is InChI=1S/C16H16BrF3N2O/c1-3-21-8-10-6-11(16(18,19)20)4-5-13(10)14-7-12(17)9-22-15(14)23-2/h4-7,9,21H,3,8H2,1-2H3. The quantitative estimate of drug-likeness (QED) is 0.809. The molecule has 0 atom stereocenters. The number of nitrogens with zero attached hydrogens (tertiary/aromatic N) is 1. The number of halogens is 4. The molecule has 0 aliphatic carbocycles.